The Balaban J connectivity index is 3.34. The van der Waals surface area contributed by atoms with Gasteiger partial charge in [0.15, 0.2) is 0 Å². The number of amides is 1. The fraction of sp³-hybridized carbons (Fsp3) is 0.591. The van der Waals surface area contributed by atoms with Gasteiger partial charge in [0.05, 0.1) is 6.61 Å². The van der Waals surface area contributed by atoms with Gasteiger partial charge in [0.2, 0.25) is 0 Å². The van der Waals surface area contributed by atoms with Crippen molar-refractivity contribution in [3.05, 3.63) is 48.6 Å². The van der Waals surface area contributed by atoms with E-state index in [1.54, 1.807) is 0 Å². The lowest BCUT2D eigenvalue weighted by Crippen LogP contribution is -2.26. The molecule has 0 saturated heterocycles. The summed E-state index contributed by atoms with van der Waals surface area (Å²) in [7, 11) is 0. The Morgan fingerprint density at radius 3 is 2.04 bits per heavy atom. The lowest BCUT2D eigenvalue weighted by Gasteiger charge is -2.05. The van der Waals surface area contributed by atoms with E-state index in [1.165, 1.54) is 12.8 Å². The molecule has 0 bridgehead atoms. The number of hydrogen-bond acceptors (Lipinski definition) is 3. The fourth-order valence-electron chi connectivity index (χ4n) is 2.19. The largest absolute Gasteiger partial charge is 0.450 e. The summed E-state index contributed by atoms with van der Waals surface area (Å²) in [5.74, 6) is 0.631. The van der Waals surface area contributed by atoms with Crippen molar-refractivity contribution in [1.82, 2.24) is 5.32 Å². The van der Waals surface area contributed by atoms with Crippen LogP contribution in [0.15, 0.2) is 48.6 Å². The minimum absolute atomic E-state index is 0.334. The molecule has 0 spiro atoms. The molecule has 1 amide bonds. The molecule has 4 heteroatoms. The van der Waals surface area contributed by atoms with Crippen molar-refractivity contribution < 1.29 is 9.53 Å². The first-order valence-corrected chi connectivity index (χ1v) is 10.6. The van der Waals surface area contributed by atoms with Gasteiger partial charge in [0.25, 0.3) is 0 Å². The van der Waals surface area contributed by atoms with Crippen molar-refractivity contribution in [2.45, 2.75) is 64.7 Å². The zero-order valence-electron chi connectivity index (χ0n) is 16.4. The molecule has 0 heterocycles. The SMILES string of the molecule is CC/C=C\C/C=C\C/C=C\C/C=C\CCCCCCOC(=O)NCCS. The van der Waals surface area contributed by atoms with Crippen molar-refractivity contribution in [3.63, 3.8) is 0 Å². The number of thiol groups is 1. The maximum absolute atomic E-state index is 11.2. The number of alkyl carbamates (subject to hydrolysis) is 1. The topological polar surface area (TPSA) is 38.3 Å². The number of nitrogens with one attached hydrogen (secondary N) is 1. The van der Waals surface area contributed by atoms with Crippen molar-refractivity contribution in [2.24, 2.45) is 0 Å². The molecule has 0 unspecified atom stereocenters. The molecule has 0 aromatic rings. The first-order chi connectivity index (χ1) is 12.8. The second kappa shape index (κ2) is 21.6. The highest BCUT2D eigenvalue weighted by atomic mass is 32.1. The van der Waals surface area contributed by atoms with Crippen LogP contribution in [0, 0.1) is 0 Å². The van der Waals surface area contributed by atoms with E-state index in [1.807, 2.05) is 0 Å². The van der Waals surface area contributed by atoms with Gasteiger partial charge in [-0.05, 0) is 44.9 Å². The Hall–Kier alpha value is -1.42. The number of ether oxygens (including phenoxy) is 1. The Labute approximate surface area is 166 Å². The number of hydrogen-bond donors (Lipinski definition) is 2. The molecule has 0 rings (SSSR count). The maximum atomic E-state index is 11.2. The van der Waals surface area contributed by atoms with Gasteiger partial charge in [-0.3, -0.25) is 0 Å². The highest BCUT2D eigenvalue weighted by molar-refractivity contribution is 7.80. The molecule has 148 valence electrons. The first-order valence-electron chi connectivity index (χ1n) is 9.92. The van der Waals surface area contributed by atoms with E-state index in [-0.39, 0.29) is 6.09 Å². The number of carbonyl (C=O) groups excluding carboxylic acids is 1. The van der Waals surface area contributed by atoms with Gasteiger partial charge in [0, 0.05) is 12.3 Å². The summed E-state index contributed by atoms with van der Waals surface area (Å²) in [6, 6.07) is 0. The summed E-state index contributed by atoms with van der Waals surface area (Å²) in [5, 5.41) is 2.63. The summed E-state index contributed by atoms with van der Waals surface area (Å²) in [6.07, 6.45) is 27.2. The molecule has 1 N–H and O–H groups in total. The summed E-state index contributed by atoms with van der Waals surface area (Å²) in [5.41, 5.74) is 0. The predicted molar refractivity (Wildman–Crippen MR) is 117 cm³/mol. The Morgan fingerprint density at radius 2 is 1.42 bits per heavy atom. The normalized spacial score (nSPS) is 12.1. The Bertz CT molecular complexity index is 428. The van der Waals surface area contributed by atoms with Crippen LogP contribution in [0.4, 0.5) is 4.79 Å². The summed E-state index contributed by atoms with van der Waals surface area (Å²) in [6.45, 7) is 3.21. The van der Waals surface area contributed by atoms with Crippen LogP contribution in [0.5, 0.6) is 0 Å². The predicted octanol–water partition coefficient (Wildman–Crippen LogP) is 6.40. The van der Waals surface area contributed by atoms with E-state index in [0.29, 0.717) is 18.9 Å². The van der Waals surface area contributed by atoms with E-state index >= 15 is 0 Å². The molecule has 0 fully saturated rings. The van der Waals surface area contributed by atoms with Gasteiger partial charge in [-0.15, -0.1) is 0 Å². The first kappa shape index (κ1) is 24.6. The minimum Gasteiger partial charge on any atom is -0.450 e. The number of carbonyl (C=O) groups is 1. The molecule has 0 aliphatic heterocycles. The maximum Gasteiger partial charge on any atom is 0.407 e. The smallest absolute Gasteiger partial charge is 0.407 e. The van der Waals surface area contributed by atoms with Crippen molar-refractivity contribution in [1.29, 1.82) is 0 Å². The van der Waals surface area contributed by atoms with Crippen LogP contribution in [0.1, 0.15) is 64.7 Å². The Morgan fingerprint density at radius 1 is 0.846 bits per heavy atom. The molecular weight excluding hydrogens is 342 g/mol. The molecule has 0 atom stereocenters. The van der Waals surface area contributed by atoms with Crippen LogP contribution >= 0.6 is 12.6 Å². The van der Waals surface area contributed by atoms with Crippen molar-refractivity contribution in [3.8, 4) is 0 Å². The second-order valence-corrected chi connectivity index (χ2v) is 6.44. The zero-order chi connectivity index (χ0) is 19.1. The molecular formula is C22H37NO2S. The van der Waals surface area contributed by atoms with Crippen molar-refractivity contribution >= 4 is 18.7 Å². The average Bonchev–Trinajstić information content (AvgIpc) is 2.65. The Kier molecular flexibility index (Phi) is 20.4. The van der Waals surface area contributed by atoms with E-state index in [9.17, 15) is 4.79 Å². The molecule has 0 aromatic carbocycles. The number of allylic oxidation sites excluding steroid dienone is 8. The van der Waals surface area contributed by atoms with E-state index in [2.05, 4.69) is 73.5 Å². The zero-order valence-corrected chi connectivity index (χ0v) is 17.3. The monoisotopic (exact) mass is 379 g/mol. The van der Waals surface area contributed by atoms with E-state index in [4.69, 9.17) is 4.74 Å². The third-order valence-corrected chi connectivity index (χ3v) is 3.82. The average molecular weight is 380 g/mol. The molecule has 26 heavy (non-hydrogen) atoms. The summed E-state index contributed by atoms with van der Waals surface area (Å²) < 4.78 is 5.05. The van der Waals surface area contributed by atoms with Crippen molar-refractivity contribution in [2.75, 3.05) is 18.9 Å². The van der Waals surface area contributed by atoms with Gasteiger partial charge in [-0.1, -0.05) is 68.4 Å². The number of rotatable bonds is 16. The number of unbranched alkanes of at least 4 members (excludes halogenated alkanes) is 4. The summed E-state index contributed by atoms with van der Waals surface area (Å²) in [4.78, 5) is 11.2. The van der Waals surface area contributed by atoms with Crippen LogP contribution < -0.4 is 5.32 Å². The van der Waals surface area contributed by atoms with Crippen LogP contribution in [0.25, 0.3) is 0 Å². The van der Waals surface area contributed by atoms with Crippen LogP contribution in [0.3, 0.4) is 0 Å². The van der Waals surface area contributed by atoms with Gasteiger partial charge in [0.1, 0.15) is 0 Å². The molecule has 0 aromatic heterocycles. The minimum atomic E-state index is -0.334. The van der Waals surface area contributed by atoms with E-state index in [0.717, 1.165) is 44.9 Å². The van der Waals surface area contributed by atoms with Crippen LogP contribution in [0.2, 0.25) is 0 Å². The molecule has 0 aliphatic carbocycles. The lowest BCUT2D eigenvalue weighted by atomic mass is 10.1. The molecule has 0 saturated carbocycles. The third kappa shape index (κ3) is 20.6. The van der Waals surface area contributed by atoms with Gasteiger partial charge in [-0.2, -0.15) is 12.6 Å². The lowest BCUT2D eigenvalue weighted by molar-refractivity contribution is 0.144. The second-order valence-electron chi connectivity index (χ2n) is 5.99. The van der Waals surface area contributed by atoms with Crippen LogP contribution in [-0.2, 0) is 4.74 Å². The summed E-state index contributed by atoms with van der Waals surface area (Å²) >= 11 is 4.02. The van der Waals surface area contributed by atoms with Gasteiger partial charge >= 0.3 is 6.09 Å². The van der Waals surface area contributed by atoms with E-state index < -0.39 is 0 Å². The van der Waals surface area contributed by atoms with Gasteiger partial charge in [-0.25, -0.2) is 4.79 Å². The molecule has 0 aliphatic rings. The quantitative estimate of drug-likeness (QED) is 0.185. The van der Waals surface area contributed by atoms with Crippen LogP contribution in [-0.4, -0.2) is 25.0 Å². The highest BCUT2D eigenvalue weighted by Crippen LogP contribution is 2.04. The molecule has 0 radical (unpaired) electrons. The van der Waals surface area contributed by atoms with Gasteiger partial charge < -0.3 is 10.1 Å². The molecule has 3 nitrogen and oxygen atoms in total. The third-order valence-electron chi connectivity index (χ3n) is 3.60. The highest BCUT2D eigenvalue weighted by Gasteiger charge is 1.99. The fourth-order valence-corrected chi connectivity index (χ4v) is 2.30. The standard InChI is InChI=1S/C22H37NO2S/c1-2-3-4-5-6-7-8-9-10-11-12-13-14-15-16-17-18-20-25-22(24)23-19-21-26/h3-4,6-7,9-10,12-13,26H,2,5,8,11,14-21H2,1H3,(H,23,24)/b4-3-,7-6-,10-9-,13-12-.